The van der Waals surface area contributed by atoms with Gasteiger partial charge in [0, 0.05) is 31.8 Å². The van der Waals surface area contributed by atoms with Crippen molar-refractivity contribution in [2.24, 2.45) is 0 Å². The number of hydrogen-bond acceptors (Lipinski definition) is 6. The molecule has 6 heteroatoms. The summed E-state index contributed by atoms with van der Waals surface area (Å²) in [5, 5.41) is 5.19. The molecule has 0 atom stereocenters. The van der Waals surface area contributed by atoms with Gasteiger partial charge in [-0.15, -0.1) is 0 Å². The van der Waals surface area contributed by atoms with Crippen LogP contribution in [-0.4, -0.2) is 48.3 Å². The zero-order chi connectivity index (χ0) is 14.5. The topological polar surface area (TPSA) is 62.3 Å². The minimum atomic E-state index is 0.707. The molecule has 2 N–H and O–H groups in total. The highest BCUT2D eigenvalue weighted by molar-refractivity contribution is 5.60. The Hall–Kier alpha value is -2.18. The number of aromatic nitrogens is 2. The third-order valence-electron chi connectivity index (χ3n) is 3.30. The van der Waals surface area contributed by atoms with Crippen molar-refractivity contribution in [3.8, 4) is 11.4 Å². The number of hydrazine groups is 1. The summed E-state index contributed by atoms with van der Waals surface area (Å²) in [5.74, 6) is 2.29. The normalized spacial score (nSPS) is 15.7. The van der Waals surface area contributed by atoms with E-state index < -0.39 is 0 Å². The molecule has 1 fully saturated rings. The van der Waals surface area contributed by atoms with Crippen LogP contribution in [0.2, 0.25) is 0 Å². The van der Waals surface area contributed by atoms with E-state index in [4.69, 9.17) is 4.74 Å². The van der Waals surface area contributed by atoms with Crippen LogP contribution >= 0.6 is 0 Å². The fourth-order valence-electron chi connectivity index (χ4n) is 2.19. The Balaban J connectivity index is 1.86. The number of benzene rings is 1. The number of morpholine rings is 1. The van der Waals surface area contributed by atoms with Crippen LogP contribution in [0.1, 0.15) is 0 Å². The first kappa shape index (κ1) is 13.8. The molecule has 0 aliphatic carbocycles. The van der Waals surface area contributed by atoms with E-state index >= 15 is 0 Å². The molecule has 1 aromatic heterocycles. The van der Waals surface area contributed by atoms with Crippen molar-refractivity contribution in [1.82, 2.24) is 15.0 Å². The highest BCUT2D eigenvalue weighted by atomic mass is 16.5. The van der Waals surface area contributed by atoms with E-state index in [0.29, 0.717) is 5.82 Å². The van der Waals surface area contributed by atoms with Crippen LogP contribution in [0, 0.1) is 0 Å². The standard InChI is InChI=1S/C15H19N5O/c1-16-13-11-14(19-20-7-9-21-10-8-20)18-15(17-13)12-5-3-2-4-6-12/h2-6,11H,7-10H2,1H3,(H2,16,17,18,19). The van der Waals surface area contributed by atoms with Gasteiger partial charge in [-0.2, -0.15) is 0 Å². The van der Waals surface area contributed by atoms with Gasteiger partial charge in [0.1, 0.15) is 11.6 Å². The lowest BCUT2D eigenvalue weighted by atomic mass is 10.2. The molecule has 0 radical (unpaired) electrons. The Kier molecular flexibility index (Phi) is 4.28. The number of anilines is 2. The SMILES string of the molecule is CNc1cc(NN2CCOCC2)nc(-c2ccccc2)n1. The van der Waals surface area contributed by atoms with Gasteiger partial charge in [-0.25, -0.2) is 15.0 Å². The van der Waals surface area contributed by atoms with E-state index in [1.165, 1.54) is 0 Å². The van der Waals surface area contributed by atoms with Crippen molar-refractivity contribution in [2.45, 2.75) is 0 Å². The second kappa shape index (κ2) is 6.51. The Morgan fingerprint density at radius 1 is 1.05 bits per heavy atom. The zero-order valence-electron chi connectivity index (χ0n) is 12.0. The van der Waals surface area contributed by atoms with Gasteiger partial charge < -0.3 is 15.5 Å². The van der Waals surface area contributed by atoms with Gasteiger partial charge in [0.05, 0.1) is 13.2 Å². The van der Waals surface area contributed by atoms with Crippen LogP contribution in [-0.2, 0) is 4.74 Å². The molecule has 3 rings (SSSR count). The first-order chi connectivity index (χ1) is 10.3. The van der Waals surface area contributed by atoms with E-state index in [1.807, 2.05) is 43.4 Å². The van der Waals surface area contributed by atoms with Gasteiger partial charge >= 0.3 is 0 Å². The third-order valence-corrected chi connectivity index (χ3v) is 3.30. The summed E-state index contributed by atoms with van der Waals surface area (Å²) in [4.78, 5) is 9.11. The molecule has 1 aromatic carbocycles. The fourth-order valence-corrected chi connectivity index (χ4v) is 2.19. The molecule has 0 spiro atoms. The Morgan fingerprint density at radius 2 is 1.76 bits per heavy atom. The van der Waals surface area contributed by atoms with Crippen LogP contribution < -0.4 is 10.7 Å². The molecule has 0 unspecified atom stereocenters. The van der Waals surface area contributed by atoms with Crippen LogP contribution in [0.25, 0.3) is 11.4 Å². The van der Waals surface area contributed by atoms with E-state index in [9.17, 15) is 0 Å². The molecule has 110 valence electrons. The quantitative estimate of drug-likeness (QED) is 0.894. The molecule has 6 nitrogen and oxygen atoms in total. The lowest BCUT2D eigenvalue weighted by molar-refractivity contribution is 0.0495. The van der Waals surface area contributed by atoms with Crippen molar-refractivity contribution < 1.29 is 4.74 Å². The van der Waals surface area contributed by atoms with Crippen LogP contribution in [0.3, 0.4) is 0 Å². The molecule has 0 amide bonds. The summed E-state index contributed by atoms with van der Waals surface area (Å²) in [7, 11) is 1.86. The maximum Gasteiger partial charge on any atom is 0.163 e. The third kappa shape index (κ3) is 3.48. The predicted molar refractivity (Wildman–Crippen MR) is 83.0 cm³/mol. The van der Waals surface area contributed by atoms with Crippen molar-refractivity contribution in [3.63, 3.8) is 0 Å². The van der Waals surface area contributed by atoms with Gasteiger partial charge in [0.25, 0.3) is 0 Å². The Labute approximate surface area is 124 Å². The van der Waals surface area contributed by atoms with Crippen molar-refractivity contribution >= 4 is 11.6 Å². The maximum absolute atomic E-state index is 5.35. The summed E-state index contributed by atoms with van der Waals surface area (Å²) in [6, 6.07) is 11.9. The summed E-state index contributed by atoms with van der Waals surface area (Å²) in [6.45, 7) is 3.17. The lowest BCUT2D eigenvalue weighted by Crippen LogP contribution is -2.40. The smallest absolute Gasteiger partial charge is 0.163 e. The molecular weight excluding hydrogens is 266 g/mol. The van der Waals surface area contributed by atoms with Crippen LogP contribution in [0.15, 0.2) is 36.4 Å². The van der Waals surface area contributed by atoms with E-state index in [2.05, 4.69) is 25.7 Å². The van der Waals surface area contributed by atoms with Crippen molar-refractivity contribution in [1.29, 1.82) is 0 Å². The minimum absolute atomic E-state index is 0.707. The predicted octanol–water partition coefficient (Wildman–Crippen LogP) is 1.84. The largest absolute Gasteiger partial charge is 0.379 e. The summed E-state index contributed by atoms with van der Waals surface area (Å²) < 4.78 is 5.35. The van der Waals surface area contributed by atoms with E-state index in [1.54, 1.807) is 0 Å². The highest BCUT2D eigenvalue weighted by Gasteiger charge is 2.12. The maximum atomic E-state index is 5.35. The number of nitrogens with one attached hydrogen (secondary N) is 2. The Morgan fingerprint density at radius 3 is 2.48 bits per heavy atom. The van der Waals surface area contributed by atoms with Gasteiger partial charge in [-0.05, 0) is 0 Å². The first-order valence-electron chi connectivity index (χ1n) is 7.07. The van der Waals surface area contributed by atoms with Crippen LogP contribution in [0.4, 0.5) is 11.6 Å². The van der Waals surface area contributed by atoms with Gasteiger partial charge in [-0.3, -0.25) is 0 Å². The molecular formula is C15H19N5O. The summed E-state index contributed by atoms with van der Waals surface area (Å²) in [6.07, 6.45) is 0. The van der Waals surface area contributed by atoms with Crippen molar-refractivity contribution in [3.05, 3.63) is 36.4 Å². The molecule has 2 heterocycles. The second-order valence-electron chi connectivity index (χ2n) is 4.79. The molecule has 21 heavy (non-hydrogen) atoms. The average Bonchev–Trinajstić information content (AvgIpc) is 2.56. The first-order valence-corrected chi connectivity index (χ1v) is 7.07. The van der Waals surface area contributed by atoms with E-state index in [-0.39, 0.29) is 0 Å². The monoisotopic (exact) mass is 285 g/mol. The van der Waals surface area contributed by atoms with Crippen molar-refractivity contribution in [2.75, 3.05) is 44.1 Å². The number of nitrogens with zero attached hydrogens (tertiary/aromatic N) is 3. The molecule has 0 saturated carbocycles. The molecule has 1 aliphatic rings. The summed E-state index contributed by atoms with van der Waals surface area (Å²) >= 11 is 0. The molecule has 1 saturated heterocycles. The zero-order valence-corrected chi connectivity index (χ0v) is 12.0. The summed E-state index contributed by atoms with van der Waals surface area (Å²) in [5.41, 5.74) is 4.33. The molecule has 2 aromatic rings. The fraction of sp³-hybridized carbons (Fsp3) is 0.333. The lowest BCUT2D eigenvalue weighted by Gasteiger charge is -2.27. The van der Waals surface area contributed by atoms with Gasteiger partial charge in [0.15, 0.2) is 5.82 Å². The number of hydrogen-bond donors (Lipinski definition) is 2. The van der Waals surface area contributed by atoms with E-state index in [0.717, 1.165) is 43.5 Å². The van der Waals surface area contributed by atoms with Crippen LogP contribution in [0.5, 0.6) is 0 Å². The van der Waals surface area contributed by atoms with Gasteiger partial charge in [0.2, 0.25) is 0 Å². The number of rotatable bonds is 4. The highest BCUT2D eigenvalue weighted by Crippen LogP contribution is 2.20. The average molecular weight is 285 g/mol. The second-order valence-corrected chi connectivity index (χ2v) is 4.79. The minimum Gasteiger partial charge on any atom is -0.379 e. The molecule has 0 bridgehead atoms. The molecule has 1 aliphatic heterocycles. The van der Waals surface area contributed by atoms with Gasteiger partial charge in [-0.1, -0.05) is 30.3 Å². The number of ether oxygens (including phenoxy) is 1. The Bertz CT molecular complexity index is 584.